The molecule has 0 aromatic heterocycles. The van der Waals surface area contributed by atoms with Crippen LogP contribution in [0.1, 0.15) is 16.7 Å². The van der Waals surface area contributed by atoms with Crippen molar-refractivity contribution in [2.24, 2.45) is 0 Å². The van der Waals surface area contributed by atoms with E-state index in [2.05, 4.69) is 13.6 Å². The molecule has 0 unspecified atom stereocenters. The molecule has 0 N–H and O–H groups in total. The second-order valence-corrected chi connectivity index (χ2v) is 23.7. The molecule has 0 fully saturated rings. The zero-order valence-corrected chi connectivity index (χ0v) is 51.7. The monoisotopic (exact) mass is 1880 g/mol. The van der Waals surface area contributed by atoms with Crippen LogP contribution >= 0.6 is 7.82 Å². The molecule has 0 spiro atoms. The van der Waals surface area contributed by atoms with Crippen molar-refractivity contribution in [2.45, 2.75) is 178 Å². The summed E-state index contributed by atoms with van der Waals surface area (Å²) in [5.74, 6) is -258. The van der Waals surface area contributed by atoms with Crippen LogP contribution in [0, 0.1) is 0 Å². The third kappa shape index (κ3) is 13.4. The van der Waals surface area contributed by atoms with E-state index >= 15 is 26.3 Å². The van der Waals surface area contributed by atoms with E-state index in [0.717, 1.165) is 0 Å². The highest BCUT2D eigenvalue weighted by molar-refractivity contribution is 7.49. The van der Waals surface area contributed by atoms with Gasteiger partial charge in [-0.1, -0.05) is 0 Å². The Kier molecular flexibility index (Phi) is 24.4. The van der Waals surface area contributed by atoms with E-state index in [1.807, 2.05) is 0 Å². The van der Waals surface area contributed by atoms with E-state index in [0.29, 0.717) is 0 Å². The molecule has 0 amide bonds. The third-order valence-corrected chi connectivity index (χ3v) is 16.1. The van der Waals surface area contributed by atoms with E-state index in [1.54, 1.807) is 0 Å². The molecule has 3 aromatic carbocycles. The maximum absolute atomic E-state index is 15.2. The van der Waals surface area contributed by atoms with Gasteiger partial charge in [0, 0.05) is 16.7 Å². The van der Waals surface area contributed by atoms with Crippen LogP contribution < -0.4 is 13.6 Å². The summed E-state index contributed by atoms with van der Waals surface area (Å²) in [4.78, 5) is 0. The van der Waals surface area contributed by atoms with Crippen LogP contribution in [-0.4, -0.2) is 161 Å². The van der Waals surface area contributed by atoms with Crippen molar-refractivity contribution in [3.8, 4) is 17.2 Å². The average Bonchev–Trinajstić information content (AvgIpc) is 0.697. The fraction of sp³-hybridized carbons (Fsp3) is 0.625. The highest BCUT2D eigenvalue weighted by Crippen LogP contribution is 2.73. The fourth-order valence-corrected chi connectivity index (χ4v) is 9.09. The number of hydrogen-bond acceptors (Lipinski definition) is 4. The van der Waals surface area contributed by atoms with Crippen molar-refractivity contribution in [3.05, 3.63) is 89.5 Å². The molecule has 3 aromatic rings. The van der Waals surface area contributed by atoms with E-state index in [1.165, 1.54) is 0 Å². The molecular weight excluding hydrogens is 1870 g/mol. The average molecular weight is 1880 g/mol. The number of benzene rings is 3. The Bertz CT molecular complexity index is 3630. The Morgan fingerprint density at radius 3 is 0.345 bits per heavy atom. The maximum Gasteiger partial charge on any atom is 0.647 e. The second kappa shape index (κ2) is 27.5. The summed E-state index contributed by atoms with van der Waals surface area (Å²) < 4.78 is 909. The van der Waals surface area contributed by atoms with Gasteiger partial charge in [-0.2, -0.15) is 281 Å². The van der Waals surface area contributed by atoms with Crippen LogP contribution in [-0.2, 0) is 22.3 Å². The van der Waals surface area contributed by atoms with Crippen molar-refractivity contribution in [1.82, 2.24) is 0 Å². The second-order valence-electron chi connectivity index (χ2n) is 22.3. The first-order valence-electron chi connectivity index (χ1n) is 26.2. The molecule has 68 heteroatoms. The highest BCUT2D eigenvalue weighted by Gasteiger charge is 3.02. The SMILES string of the molecule is O=P(Oc1ccc(C(F)(F)C(F)(F)C(F)(F)C(F)(F)C(F)(F)C(F)(F)C(F)(F)C(F)(F)C(F)(F)C(F)(F)F)cc1)(Oc1ccc(C(F)(F)C(F)(F)C(F)(F)C(F)(F)C(F)(F)C(F)(F)C(F)(F)C(F)(F)C(F)(F)C(F)(F)F)cc1)Oc1ccc(C(F)(F)C(F)(F)C(F)(F)C(F)(F)C(F)(F)C(F)(F)C(F)(F)C(F)(F)C(F)(F)C(F)(F)F)cc1. The van der Waals surface area contributed by atoms with Crippen LogP contribution in [0.3, 0.4) is 0 Å². The molecule has 116 heavy (non-hydrogen) atoms. The molecular formula is C48H12F63O4P. The van der Waals surface area contributed by atoms with Crippen LogP contribution in [0.2, 0.25) is 0 Å². The molecule has 0 aliphatic rings. The molecule has 0 heterocycles. The first-order chi connectivity index (χ1) is 49.8. The van der Waals surface area contributed by atoms with Gasteiger partial charge in [0.25, 0.3) is 0 Å². The topological polar surface area (TPSA) is 44.8 Å². The minimum absolute atomic E-state index is 1.03. The van der Waals surface area contributed by atoms with Crippen LogP contribution in [0.25, 0.3) is 0 Å². The third-order valence-electron chi connectivity index (χ3n) is 14.8. The van der Waals surface area contributed by atoms with Gasteiger partial charge >= 0.3 is 186 Å². The Morgan fingerprint density at radius 1 is 0.147 bits per heavy atom. The molecule has 4 nitrogen and oxygen atoms in total. The van der Waals surface area contributed by atoms with Crippen molar-refractivity contribution in [2.75, 3.05) is 0 Å². The minimum Gasteiger partial charge on any atom is -0.386 e. The number of phosphoric acid groups is 1. The smallest absolute Gasteiger partial charge is 0.386 e. The Labute approximate surface area is 588 Å². The lowest BCUT2D eigenvalue weighted by molar-refractivity contribution is -0.474. The normalized spacial score (nSPS) is 16.4. The molecule has 0 saturated heterocycles. The summed E-state index contributed by atoms with van der Waals surface area (Å²) in [5.41, 5.74) is -10.6. The minimum atomic E-state index is -9.83. The Hall–Kier alpha value is -7.12. The summed E-state index contributed by atoms with van der Waals surface area (Å²) in [6.45, 7) is 0. The van der Waals surface area contributed by atoms with Crippen LogP contribution in [0.15, 0.2) is 72.8 Å². The lowest BCUT2D eigenvalue weighted by atomic mass is 9.85. The molecule has 0 aliphatic carbocycles. The molecule has 0 atom stereocenters. The van der Waals surface area contributed by atoms with Gasteiger partial charge in [0.15, 0.2) is 0 Å². The van der Waals surface area contributed by atoms with Gasteiger partial charge in [-0.3, -0.25) is 0 Å². The largest absolute Gasteiger partial charge is 0.647 e. The van der Waals surface area contributed by atoms with E-state index in [4.69, 9.17) is 0 Å². The Balaban J connectivity index is 2.38. The standard InChI is InChI=1S/C48H12F63O4P/c49-19(50,22(55,56)25(61,62)28(67,68)31(73,74)34(79,80)37(85,86)40(91,92)43(97,98)46(103,104)105)13-1-7-16(8-2-13)113-116(112,114-17-9-3-14(4-10-17)20(51,52)23(57,58)26(63,64)29(69,70)32(75,76)35(81,82)38(87,88)41(93,94)44(99,100)47(106,107)108)115-18-11-5-15(6-12-18)21(53,54)24(59,60)27(65,66)30(71,72)33(77,78)36(83,84)39(89,90)42(95,96)45(101,102)48(109,110)111/h1-12H. The van der Waals surface area contributed by atoms with Crippen molar-refractivity contribution >= 4 is 7.82 Å². The lowest BCUT2D eigenvalue weighted by Crippen LogP contribution is -2.76. The number of rotatable bonds is 33. The first-order valence-corrected chi connectivity index (χ1v) is 27.7. The van der Waals surface area contributed by atoms with Crippen molar-refractivity contribution in [3.63, 3.8) is 0 Å². The fourth-order valence-electron chi connectivity index (χ4n) is 7.84. The Morgan fingerprint density at radius 2 is 0.241 bits per heavy atom. The van der Waals surface area contributed by atoms with Gasteiger partial charge in [-0.05, 0) is 72.8 Å². The summed E-state index contributed by atoms with van der Waals surface area (Å²) in [6, 6.07) is -14.4. The van der Waals surface area contributed by atoms with Crippen LogP contribution in [0.5, 0.6) is 17.2 Å². The van der Waals surface area contributed by atoms with Gasteiger partial charge in [-0.15, -0.1) is 0 Å². The van der Waals surface area contributed by atoms with Crippen molar-refractivity contribution in [1.29, 1.82) is 0 Å². The highest BCUT2D eigenvalue weighted by atomic mass is 31.2. The molecule has 0 aliphatic heterocycles. The summed E-state index contributed by atoms with van der Waals surface area (Å²) >= 11 is 0. The quantitative estimate of drug-likeness (QED) is 0.0450. The predicted molar refractivity (Wildman–Crippen MR) is 237 cm³/mol. The zero-order valence-electron chi connectivity index (χ0n) is 50.8. The zero-order chi connectivity index (χ0) is 93.6. The number of hydrogen-bond donors (Lipinski definition) is 0. The summed E-state index contributed by atoms with van der Waals surface area (Å²) in [7, 11) is -7.34. The van der Waals surface area contributed by atoms with Gasteiger partial charge in [0.05, 0.1) is 0 Å². The number of halogens is 63. The molecule has 0 radical (unpaired) electrons. The lowest BCUT2D eigenvalue weighted by Gasteiger charge is -2.44. The summed E-state index contributed by atoms with van der Waals surface area (Å²) in [5, 5.41) is 0. The summed E-state index contributed by atoms with van der Waals surface area (Å²) in [6.07, 6.45) is -25.3. The first kappa shape index (κ1) is 103. The number of alkyl halides is 63. The van der Waals surface area contributed by atoms with Crippen molar-refractivity contribution < 1.29 is 295 Å². The molecule has 674 valence electrons. The van der Waals surface area contributed by atoms with E-state index < -0.39 is 293 Å². The number of phosphoric ester groups is 1. The van der Waals surface area contributed by atoms with Gasteiger partial charge in [0.1, 0.15) is 17.2 Å². The van der Waals surface area contributed by atoms with E-state index in [-0.39, 0.29) is 0 Å². The van der Waals surface area contributed by atoms with Gasteiger partial charge in [0.2, 0.25) is 0 Å². The van der Waals surface area contributed by atoms with Gasteiger partial charge < -0.3 is 13.6 Å². The molecule has 0 bridgehead atoms. The predicted octanol–water partition coefficient (Wildman–Crippen LogP) is 25.5. The molecule has 0 saturated carbocycles. The van der Waals surface area contributed by atoms with E-state index in [9.17, 15) is 255 Å². The maximum atomic E-state index is 15.2. The molecule has 3 rings (SSSR count). The van der Waals surface area contributed by atoms with Gasteiger partial charge in [-0.25, -0.2) is 0 Å². The van der Waals surface area contributed by atoms with Crippen LogP contribution in [0.4, 0.5) is 277 Å².